The first-order valence-electron chi connectivity index (χ1n) is 6.06. The van der Waals surface area contributed by atoms with Crippen LogP contribution < -0.4 is 10.5 Å². The predicted octanol–water partition coefficient (Wildman–Crippen LogP) is 2.49. The van der Waals surface area contributed by atoms with E-state index >= 15 is 0 Å². The van der Waals surface area contributed by atoms with Crippen LogP contribution in [0.25, 0.3) is 0 Å². The molecule has 0 radical (unpaired) electrons. The summed E-state index contributed by atoms with van der Waals surface area (Å²) in [5.41, 5.74) is 6.78. The summed E-state index contributed by atoms with van der Waals surface area (Å²) in [4.78, 5) is 10.6. The maximum absolute atomic E-state index is 12.4. The van der Waals surface area contributed by atoms with Crippen molar-refractivity contribution in [2.45, 2.75) is 10.6 Å². The summed E-state index contributed by atoms with van der Waals surface area (Å²) in [7, 11) is -0.0264. The van der Waals surface area contributed by atoms with Crippen LogP contribution in [0.5, 0.6) is 5.75 Å². The van der Waals surface area contributed by atoms with Gasteiger partial charge in [-0.2, -0.15) is 0 Å². The number of nitro groups is 1. The molecule has 0 aliphatic heterocycles. The Morgan fingerprint density at radius 3 is 2.67 bits per heavy atom. The van der Waals surface area contributed by atoms with Crippen LogP contribution >= 0.6 is 0 Å². The minimum Gasteiger partial charge on any atom is -0.497 e. The normalized spacial score (nSPS) is 11.9. The Hall–Kier alpha value is -2.41. The minimum absolute atomic E-state index is 0.131. The predicted molar refractivity (Wildman–Crippen MR) is 80.6 cm³/mol. The van der Waals surface area contributed by atoms with Crippen molar-refractivity contribution in [3.63, 3.8) is 0 Å². The zero-order chi connectivity index (χ0) is 15.4. The van der Waals surface area contributed by atoms with E-state index in [1.54, 1.807) is 30.3 Å². The van der Waals surface area contributed by atoms with Crippen molar-refractivity contribution in [1.82, 2.24) is 0 Å². The van der Waals surface area contributed by atoms with Crippen molar-refractivity contribution in [3.05, 3.63) is 58.1 Å². The van der Waals surface area contributed by atoms with Gasteiger partial charge in [-0.05, 0) is 23.8 Å². The van der Waals surface area contributed by atoms with Crippen molar-refractivity contribution >= 4 is 22.2 Å². The van der Waals surface area contributed by atoms with Crippen LogP contribution in [0, 0.1) is 10.1 Å². The van der Waals surface area contributed by atoms with E-state index < -0.39 is 15.7 Å². The fraction of sp³-hybridized carbons (Fsp3) is 0.143. The SMILES string of the molecule is COc1cc(N)cc(CS(=O)c2ccccc2[N+](=O)[O-])c1. The van der Waals surface area contributed by atoms with Gasteiger partial charge in [-0.3, -0.25) is 14.3 Å². The zero-order valence-corrected chi connectivity index (χ0v) is 12.1. The standard InChI is InChI=1S/C14H14N2O4S/c1-20-12-7-10(6-11(15)8-12)9-21(19)14-5-3-2-4-13(14)16(17)18/h2-8H,9,15H2,1H3. The van der Waals surface area contributed by atoms with Gasteiger partial charge >= 0.3 is 0 Å². The molecule has 21 heavy (non-hydrogen) atoms. The number of benzene rings is 2. The van der Waals surface area contributed by atoms with E-state index in [4.69, 9.17) is 10.5 Å². The number of nitrogen functional groups attached to an aromatic ring is 1. The van der Waals surface area contributed by atoms with E-state index in [1.165, 1.54) is 19.2 Å². The van der Waals surface area contributed by atoms with Gasteiger partial charge in [-0.15, -0.1) is 0 Å². The number of methoxy groups -OCH3 is 1. The minimum atomic E-state index is -1.54. The quantitative estimate of drug-likeness (QED) is 0.520. The van der Waals surface area contributed by atoms with E-state index in [0.717, 1.165) is 0 Å². The fourth-order valence-corrected chi connectivity index (χ4v) is 3.15. The Labute approximate surface area is 124 Å². The first-order chi connectivity index (χ1) is 10.0. The second-order valence-electron chi connectivity index (χ2n) is 4.33. The van der Waals surface area contributed by atoms with Gasteiger partial charge in [0.25, 0.3) is 5.69 Å². The maximum Gasteiger partial charge on any atom is 0.285 e. The third kappa shape index (κ3) is 3.57. The van der Waals surface area contributed by atoms with E-state index in [-0.39, 0.29) is 16.3 Å². The molecule has 0 saturated heterocycles. The number of para-hydroxylation sites is 1. The number of rotatable bonds is 5. The molecule has 110 valence electrons. The van der Waals surface area contributed by atoms with Gasteiger partial charge in [-0.1, -0.05) is 12.1 Å². The molecule has 2 N–H and O–H groups in total. The van der Waals surface area contributed by atoms with E-state index in [0.29, 0.717) is 17.0 Å². The molecule has 0 amide bonds. The monoisotopic (exact) mass is 306 g/mol. The molecule has 0 fully saturated rings. The first kappa shape index (κ1) is 15.0. The van der Waals surface area contributed by atoms with Crippen LogP contribution in [-0.4, -0.2) is 16.2 Å². The molecule has 2 rings (SSSR count). The Kier molecular flexibility index (Phi) is 4.54. The van der Waals surface area contributed by atoms with Crippen LogP contribution in [0.1, 0.15) is 5.56 Å². The highest BCUT2D eigenvalue weighted by Gasteiger charge is 2.18. The first-order valence-corrected chi connectivity index (χ1v) is 7.38. The fourth-order valence-electron chi connectivity index (χ4n) is 1.92. The van der Waals surface area contributed by atoms with Crippen LogP contribution in [0.2, 0.25) is 0 Å². The van der Waals surface area contributed by atoms with Crippen molar-refractivity contribution in [2.24, 2.45) is 0 Å². The van der Waals surface area contributed by atoms with Gasteiger partial charge in [0.15, 0.2) is 0 Å². The lowest BCUT2D eigenvalue weighted by Gasteiger charge is -2.07. The average molecular weight is 306 g/mol. The molecule has 2 aromatic carbocycles. The molecule has 0 aliphatic carbocycles. The van der Waals surface area contributed by atoms with Gasteiger partial charge in [0.05, 0.1) is 28.6 Å². The molecule has 0 heterocycles. The molecule has 7 heteroatoms. The number of nitro benzene ring substituents is 1. The van der Waals surface area contributed by atoms with Crippen LogP contribution in [0.3, 0.4) is 0 Å². The maximum atomic E-state index is 12.4. The highest BCUT2D eigenvalue weighted by Crippen LogP contribution is 2.25. The second-order valence-corrected chi connectivity index (χ2v) is 5.75. The number of nitrogens with zero attached hydrogens (tertiary/aromatic N) is 1. The summed E-state index contributed by atoms with van der Waals surface area (Å²) in [5.74, 6) is 0.691. The van der Waals surface area contributed by atoms with Gasteiger partial charge in [0.1, 0.15) is 10.6 Å². The smallest absolute Gasteiger partial charge is 0.285 e. The summed E-state index contributed by atoms with van der Waals surface area (Å²) in [6.45, 7) is 0. The van der Waals surface area contributed by atoms with Crippen LogP contribution in [-0.2, 0) is 16.6 Å². The zero-order valence-electron chi connectivity index (χ0n) is 11.3. The van der Waals surface area contributed by atoms with Gasteiger partial charge in [-0.25, -0.2) is 0 Å². The number of hydrogen-bond donors (Lipinski definition) is 1. The van der Waals surface area contributed by atoms with Gasteiger partial charge in [0, 0.05) is 17.8 Å². The third-order valence-electron chi connectivity index (χ3n) is 2.83. The highest BCUT2D eigenvalue weighted by molar-refractivity contribution is 7.84. The Morgan fingerprint density at radius 2 is 2.00 bits per heavy atom. The summed E-state index contributed by atoms with van der Waals surface area (Å²) in [6, 6.07) is 11.0. The molecular formula is C14H14N2O4S. The summed E-state index contributed by atoms with van der Waals surface area (Å²) >= 11 is 0. The van der Waals surface area contributed by atoms with Crippen molar-refractivity contribution in [1.29, 1.82) is 0 Å². The Balaban J connectivity index is 2.30. The number of anilines is 1. The van der Waals surface area contributed by atoms with Crippen molar-refractivity contribution in [2.75, 3.05) is 12.8 Å². The summed E-state index contributed by atoms with van der Waals surface area (Å²) in [6.07, 6.45) is 0. The molecule has 0 spiro atoms. The van der Waals surface area contributed by atoms with E-state index in [1.807, 2.05) is 0 Å². The number of nitrogens with two attached hydrogens (primary N) is 1. The van der Waals surface area contributed by atoms with Gasteiger partial charge < -0.3 is 10.5 Å². The largest absolute Gasteiger partial charge is 0.497 e. The van der Waals surface area contributed by atoms with E-state index in [2.05, 4.69) is 0 Å². The van der Waals surface area contributed by atoms with Gasteiger partial charge in [0.2, 0.25) is 0 Å². The molecule has 0 bridgehead atoms. The van der Waals surface area contributed by atoms with E-state index in [9.17, 15) is 14.3 Å². The molecule has 2 aromatic rings. The van der Waals surface area contributed by atoms with Crippen LogP contribution in [0.15, 0.2) is 47.4 Å². The molecule has 1 unspecified atom stereocenters. The molecule has 0 saturated carbocycles. The van der Waals surface area contributed by atoms with Crippen LogP contribution in [0.4, 0.5) is 11.4 Å². The topological polar surface area (TPSA) is 95.5 Å². The molecule has 0 aromatic heterocycles. The number of ether oxygens (including phenoxy) is 1. The second kappa shape index (κ2) is 6.36. The Bertz CT molecular complexity index is 703. The highest BCUT2D eigenvalue weighted by atomic mass is 32.2. The summed E-state index contributed by atoms with van der Waals surface area (Å²) in [5, 5.41) is 11.0. The lowest BCUT2D eigenvalue weighted by Crippen LogP contribution is -2.02. The van der Waals surface area contributed by atoms with Crippen molar-refractivity contribution < 1.29 is 13.9 Å². The third-order valence-corrected chi connectivity index (χ3v) is 4.26. The lowest BCUT2D eigenvalue weighted by molar-refractivity contribution is -0.387. The summed E-state index contributed by atoms with van der Waals surface area (Å²) < 4.78 is 17.5. The molecule has 1 atom stereocenters. The molecule has 0 aliphatic rings. The molecule has 6 nitrogen and oxygen atoms in total. The number of hydrogen-bond acceptors (Lipinski definition) is 5. The van der Waals surface area contributed by atoms with Crippen molar-refractivity contribution in [3.8, 4) is 5.75 Å². The Morgan fingerprint density at radius 1 is 1.29 bits per heavy atom. The molecular weight excluding hydrogens is 292 g/mol. The average Bonchev–Trinajstić information content (AvgIpc) is 2.46. The lowest BCUT2D eigenvalue weighted by atomic mass is 10.2.